The molecule has 0 aliphatic carbocycles. The zero-order valence-electron chi connectivity index (χ0n) is 15.5. The zero-order valence-corrected chi connectivity index (χ0v) is 15.5. The standard InChI is InChI=1S/C20H20FN5O2/c1-9-3-15-19(25-6-9)10(2)13(7-23-15)12-4-11-5-16(26-20(27)28)24-8-14(11)18(22)17(12)21/h4-5,7-9,25H,3,6,22H2,1-2H3,(H,24,26)(H,27,28)/t9-/m0/s1. The van der Waals surface area contributed by atoms with Crippen LogP contribution in [0.15, 0.2) is 24.5 Å². The number of carbonyl (C=O) groups is 1. The zero-order chi connectivity index (χ0) is 20.0. The van der Waals surface area contributed by atoms with Gasteiger partial charge in [-0.3, -0.25) is 10.3 Å². The van der Waals surface area contributed by atoms with Crippen LogP contribution in [0.1, 0.15) is 18.2 Å². The number of nitrogens with zero attached hydrogens (tertiary/aromatic N) is 2. The Morgan fingerprint density at radius 2 is 2.11 bits per heavy atom. The lowest BCUT2D eigenvalue weighted by Crippen LogP contribution is -2.22. The van der Waals surface area contributed by atoms with Crippen molar-refractivity contribution < 1.29 is 14.3 Å². The molecule has 5 N–H and O–H groups in total. The molecule has 1 amide bonds. The summed E-state index contributed by atoms with van der Waals surface area (Å²) in [4.78, 5) is 19.4. The van der Waals surface area contributed by atoms with E-state index in [0.29, 0.717) is 27.8 Å². The first kappa shape index (κ1) is 18.0. The minimum atomic E-state index is -1.22. The molecule has 0 fully saturated rings. The van der Waals surface area contributed by atoms with E-state index in [4.69, 9.17) is 10.8 Å². The van der Waals surface area contributed by atoms with Gasteiger partial charge in [0, 0.05) is 35.5 Å². The minimum Gasteiger partial charge on any atom is -0.465 e. The van der Waals surface area contributed by atoms with E-state index in [1.807, 2.05) is 6.92 Å². The Hall–Kier alpha value is -3.42. The molecule has 1 aliphatic heterocycles. The van der Waals surface area contributed by atoms with Crippen LogP contribution in [0.25, 0.3) is 21.9 Å². The van der Waals surface area contributed by atoms with Gasteiger partial charge < -0.3 is 16.2 Å². The van der Waals surface area contributed by atoms with Crippen molar-refractivity contribution in [2.75, 3.05) is 22.9 Å². The number of carboxylic acid groups (broad SMARTS) is 1. The molecule has 0 radical (unpaired) electrons. The van der Waals surface area contributed by atoms with Crippen LogP contribution in [-0.2, 0) is 6.42 Å². The Morgan fingerprint density at radius 3 is 2.86 bits per heavy atom. The summed E-state index contributed by atoms with van der Waals surface area (Å²) in [7, 11) is 0. The Labute approximate surface area is 160 Å². The van der Waals surface area contributed by atoms with Gasteiger partial charge in [-0.1, -0.05) is 6.92 Å². The average molecular weight is 381 g/mol. The van der Waals surface area contributed by atoms with Crippen molar-refractivity contribution in [3.63, 3.8) is 0 Å². The Kier molecular flexibility index (Phi) is 4.26. The molecule has 0 bridgehead atoms. The summed E-state index contributed by atoms with van der Waals surface area (Å²) < 4.78 is 15.1. The Morgan fingerprint density at radius 1 is 1.32 bits per heavy atom. The number of nitrogens with two attached hydrogens (primary N) is 1. The molecule has 28 heavy (non-hydrogen) atoms. The van der Waals surface area contributed by atoms with Gasteiger partial charge in [-0.25, -0.2) is 14.2 Å². The average Bonchev–Trinajstić information content (AvgIpc) is 2.64. The molecule has 2 aromatic heterocycles. The van der Waals surface area contributed by atoms with Gasteiger partial charge in [0.1, 0.15) is 5.82 Å². The fraction of sp³-hybridized carbons (Fsp3) is 0.250. The maximum absolute atomic E-state index is 15.1. The van der Waals surface area contributed by atoms with Gasteiger partial charge in [-0.2, -0.15) is 0 Å². The lowest BCUT2D eigenvalue weighted by Gasteiger charge is -2.25. The molecule has 0 spiro atoms. The van der Waals surface area contributed by atoms with Crippen LogP contribution in [0, 0.1) is 18.7 Å². The molecule has 144 valence electrons. The van der Waals surface area contributed by atoms with E-state index in [9.17, 15) is 4.79 Å². The summed E-state index contributed by atoms with van der Waals surface area (Å²) in [6.45, 7) is 4.93. The predicted molar refractivity (Wildman–Crippen MR) is 107 cm³/mol. The number of nitrogen functional groups attached to an aromatic ring is 1. The number of pyridine rings is 2. The van der Waals surface area contributed by atoms with Crippen molar-refractivity contribution in [3.05, 3.63) is 41.6 Å². The lowest BCUT2D eigenvalue weighted by atomic mass is 9.92. The normalized spacial score (nSPS) is 15.8. The van der Waals surface area contributed by atoms with E-state index >= 15 is 4.39 Å². The van der Waals surface area contributed by atoms with Gasteiger partial charge in [0.25, 0.3) is 0 Å². The topological polar surface area (TPSA) is 113 Å². The van der Waals surface area contributed by atoms with Gasteiger partial charge >= 0.3 is 6.09 Å². The largest absolute Gasteiger partial charge is 0.465 e. The van der Waals surface area contributed by atoms with Crippen molar-refractivity contribution in [1.29, 1.82) is 0 Å². The summed E-state index contributed by atoms with van der Waals surface area (Å²) in [6.07, 6.45) is 2.69. The minimum absolute atomic E-state index is 0.0272. The molecule has 3 heterocycles. The summed E-state index contributed by atoms with van der Waals surface area (Å²) in [5, 5.41) is 15.5. The van der Waals surface area contributed by atoms with Gasteiger partial charge in [0.15, 0.2) is 5.82 Å². The van der Waals surface area contributed by atoms with E-state index < -0.39 is 11.9 Å². The van der Waals surface area contributed by atoms with Crippen LogP contribution in [0.2, 0.25) is 0 Å². The maximum atomic E-state index is 15.1. The summed E-state index contributed by atoms with van der Waals surface area (Å²) >= 11 is 0. The highest BCUT2D eigenvalue weighted by atomic mass is 19.1. The van der Waals surface area contributed by atoms with Crippen molar-refractivity contribution in [3.8, 4) is 11.1 Å². The van der Waals surface area contributed by atoms with Crippen molar-refractivity contribution in [2.24, 2.45) is 5.92 Å². The second-order valence-electron chi connectivity index (χ2n) is 7.18. The molecule has 0 saturated carbocycles. The number of nitrogens with one attached hydrogen (secondary N) is 2. The molecule has 1 aliphatic rings. The number of hydrogen-bond donors (Lipinski definition) is 4. The van der Waals surface area contributed by atoms with Crippen LogP contribution in [0.5, 0.6) is 0 Å². The number of halogens is 1. The van der Waals surface area contributed by atoms with E-state index in [1.54, 1.807) is 12.3 Å². The number of anilines is 3. The Balaban J connectivity index is 1.89. The van der Waals surface area contributed by atoms with Crippen LogP contribution < -0.4 is 16.4 Å². The van der Waals surface area contributed by atoms with Crippen molar-refractivity contribution in [1.82, 2.24) is 9.97 Å². The fourth-order valence-corrected chi connectivity index (χ4v) is 3.67. The molecule has 1 atom stereocenters. The third-order valence-electron chi connectivity index (χ3n) is 5.11. The van der Waals surface area contributed by atoms with Gasteiger partial charge in [0.05, 0.1) is 17.1 Å². The highest BCUT2D eigenvalue weighted by molar-refractivity contribution is 5.99. The number of hydrogen-bond acceptors (Lipinski definition) is 5. The highest BCUT2D eigenvalue weighted by Gasteiger charge is 2.22. The first-order chi connectivity index (χ1) is 13.3. The van der Waals surface area contributed by atoms with Crippen molar-refractivity contribution in [2.45, 2.75) is 20.3 Å². The van der Waals surface area contributed by atoms with Gasteiger partial charge in [-0.05, 0) is 42.3 Å². The molecular weight excluding hydrogens is 361 g/mol. The quantitative estimate of drug-likeness (QED) is 0.499. The van der Waals surface area contributed by atoms with Crippen LogP contribution in [0.4, 0.5) is 26.4 Å². The maximum Gasteiger partial charge on any atom is 0.410 e. The molecule has 4 rings (SSSR count). The van der Waals surface area contributed by atoms with E-state index in [-0.39, 0.29) is 11.5 Å². The number of benzene rings is 1. The third kappa shape index (κ3) is 2.96. The van der Waals surface area contributed by atoms with Crippen LogP contribution in [0.3, 0.4) is 0 Å². The third-order valence-corrected chi connectivity index (χ3v) is 5.11. The lowest BCUT2D eigenvalue weighted by molar-refractivity contribution is 0.209. The van der Waals surface area contributed by atoms with Gasteiger partial charge in [0.2, 0.25) is 0 Å². The first-order valence-corrected chi connectivity index (χ1v) is 8.95. The summed E-state index contributed by atoms with van der Waals surface area (Å²) in [5.41, 5.74) is 9.80. The monoisotopic (exact) mass is 381 g/mol. The van der Waals surface area contributed by atoms with Crippen LogP contribution >= 0.6 is 0 Å². The van der Waals surface area contributed by atoms with Crippen molar-refractivity contribution >= 4 is 34.1 Å². The molecule has 1 aromatic carbocycles. The number of rotatable bonds is 2. The first-order valence-electron chi connectivity index (χ1n) is 8.95. The van der Waals surface area contributed by atoms with Gasteiger partial charge in [-0.15, -0.1) is 0 Å². The Bertz CT molecular complexity index is 1120. The second kappa shape index (κ2) is 6.63. The smallest absolute Gasteiger partial charge is 0.410 e. The summed E-state index contributed by atoms with van der Waals surface area (Å²) in [5.74, 6) is 0.0983. The van der Waals surface area contributed by atoms with E-state index in [0.717, 1.165) is 29.9 Å². The molecule has 8 heteroatoms. The number of amides is 1. The molecule has 0 unspecified atom stereocenters. The van der Waals surface area contributed by atoms with Crippen LogP contribution in [-0.4, -0.2) is 27.7 Å². The molecule has 3 aromatic rings. The summed E-state index contributed by atoms with van der Waals surface area (Å²) in [6, 6.07) is 3.18. The van der Waals surface area contributed by atoms with E-state index in [1.165, 1.54) is 12.3 Å². The SMILES string of the molecule is Cc1c(-c2cc3cc(NC(=O)O)ncc3c(N)c2F)cnc2c1NC[C@@H](C)C2. The second-order valence-corrected chi connectivity index (χ2v) is 7.18. The highest BCUT2D eigenvalue weighted by Crippen LogP contribution is 2.38. The molecule has 7 nitrogen and oxygen atoms in total. The predicted octanol–water partition coefficient (Wildman–Crippen LogP) is 4.02. The molecular formula is C20H20FN5O2. The fourth-order valence-electron chi connectivity index (χ4n) is 3.67. The number of aromatic nitrogens is 2. The molecule has 0 saturated heterocycles. The number of fused-ring (bicyclic) bond motifs is 2. The van der Waals surface area contributed by atoms with E-state index in [2.05, 4.69) is 27.5 Å².